The van der Waals surface area contributed by atoms with E-state index in [0.29, 0.717) is 0 Å². The van der Waals surface area contributed by atoms with Gasteiger partial charge in [0.15, 0.2) is 5.82 Å². The first-order chi connectivity index (χ1) is 8.97. The van der Waals surface area contributed by atoms with E-state index < -0.39 is 11.7 Å². The molecule has 0 N–H and O–H groups in total. The second kappa shape index (κ2) is 5.77. The van der Waals surface area contributed by atoms with Gasteiger partial charge in [-0.25, -0.2) is 9.98 Å². The smallest absolute Gasteiger partial charge is 0.363 e. The fourth-order valence-electron chi connectivity index (χ4n) is 1.85. The molecule has 1 aromatic rings. The molecule has 0 radical (unpaired) electrons. The normalized spacial score (nSPS) is 17.2. The third kappa shape index (κ3) is 3.83. The van der Waals surface area contributed by atoms with E-state index >= 15 is 0 Å². The molecule has 0 bridgehead atoms. The van der Waals surface area contributed by atoms with Gasteiger partial charge >= 0.3 is 6.18 Å². The van der Waals surface area contributed by atoms with E-state index in [-0.39, 0.29) is 10.8 Å². The Kier molecular flexibility index (Phi) is 4.29. The van der Waals surface area contributed by atoms with Gasteiger partial charge in [0.2, 0.25) is 0 Å². The minimum Gasteiger partial charge on any atom is -0.363 e. The topological polar surface area (TPSA) is 28.5 Å². The number of alkyl halides is 3. The van der Waals surface area contributed by atoms with Crippen LogP contribution < -0.4 is 0 Å². The lowest BCUT2D eigenvalue weighted by atomic mass is 10.1. The third-order valence-corrected chi connectivity index (χ3v) is 3.16. The Balaban J connectivity index is 2.10. The van der Waals surface area contributed by atoms with Crippen molar-refractivity contribution in [2.24, 2.45) is 4.99 Å². The molecule has 1 aliphatic rings. The summed E-state index contributed by atoms with van der Waals surface area (Å²) in [6.45, 7) is 1.81. The number of aromatic nitrogens is 1. The molecule has 1 aromatic heterocycles. The van der Waals surface area contributed by atoms with E-state index in [0.717, 1.165) is 38.2 Å². The molecular weight excluding hydrogens is 279 g/mol. The summed E-state index contributed by atoms with van der Waals surface area (Å²) < 4.78 is 37.3. The molecule has 0 aromatic carbocycles. The van der Waals surface area contributed by atoms with Crippen LogP contribution in [0.2, 0.25) is 5.02 Å². The molecule has 7 heteroatoms. The molecule has 1 fully saturated rings. The van der Waals surface area contributed by atoms with Gasteiger partial charge in [-0.05, 0) is 25.3 Å². The summed E-state index contributed by atoms with van der Waals surface area (Å²) in [5, 5.41) is -0.0944. The Labute approximate surface area is 114 Å². The Morgan fingerprint density at radius 3 is 2.53 bits per heavy atom. The lowest BCUT2D eigenvalue weighted by Gasteiger charge is -2.23. The van der Waals surface area contributed by atoms with Crippen LogP contribution in [-0.4, -0.2) is 29.3 Å². The standard InChI is InChI=1S/C12H13ClF3N3/c13-10-6-9(12(14,15)16)7-17-11(10)18-8-19-4-2-1-3-5-19/h6-8H,1-5H2/b18-8+. The second-order valence-electron chi connectivity index (χ2n) is 4.37. The molecule has 0 aliphatic carbocycles. The van der Waals surface area contributed by atoms with E-state index in [1.165, 1.54) is 6.42 Å². The third-order valence-electron chi connectivity index (χ3n) is 2.88. The summed E-state index contributed by atoms with van der Waals surface area (Å²) >= 11 is 5.76. The van der Waals surface area contributed by atoms with Crippen LogP contribution in [0.3, 0.4) is 0 Å². The maximum absolute atomic E-state index is 12.4. The van der Waals surface area contributed by atoms with Crippen LogP contribution >= 0.6 is 11.6 Å². The number of hydrogen-bond acceptors (Lipinski definition) is 2. The monoisotopic (exact) mass is 291 g/mol. The summed E-state index contributed by atoms with van der Waals surface area (Å²) in [5.41, 5.74) is -0.866. The van der Waals surface area contributed by atoms with Crippen LogP contribution in [0.5, 0.6) is 0 Å². The molecule has 1 saturated heterocycles. The SMILES string of the molecule is FC(F)(F)c1cnc(/N=C/N2CCCCC2)c(Cl)c1. The summed E-state index contributed by atoms with van der Waals surface area (Å²) in [5.74, 6) is 0.111. The zero-order chi connectivity index (χ0) is 13.9. The summed E-state index contributed by atoms with van der Waals surface area (Å²) in [6, 6.07) is 0.845. The van der Waals surface area contributed by atoms with Gasteiger partial charge < -0.3 is 4.90 Å². The molecule has 3 nitrogen and oxygen atoms in total. The average molecular weight is 292 g/mol. The van der Waals surface area contributed by atoms with E-state index in [1.54, 1.807) is 6.34 Å². The Hall–Kier alpha value is -1.30. The highest BCUT2D eigenvalue weighted by atomic mass is 35.5. The molecule has 0 atom stereocenters. The lowest BCUT2D eigenvalue weighted by Crippen LogP contribution is -2.28. The molecule has 2 rings (SSSR count). The van der Waals surface area contributed by atoms with E-state index in [1.807, 2.05) is 4.90 Å². The van der Waals surface area contributed by atoms with Crippen molar-refractivity contribution in [1.82, 2.24) is 9.88 Å². The van der Waals surface area contributed by atoms with Gasteiger partial charge in [0, 0.05) is 19.3 Å². The van der Waals surface area contributed by atoms with Crippen molar-refractivity contribution in [1.29, 1.82) is 0 Å². The minimum absolute atomic E-state index is 0.0944. The van der Waals surface area contributed by atoms with Crippen molar-refractivity contribution in [3.05, 3.63) is 22.8 Å². The first-order valence-corrected chi connectivity index (χ1v) is 6.35. The van der Waals surface area contributed by atoms with Crippen LogP contribution in [-0.2, 0) is 6.18 Å². The average Bonchev–Trinajstić information content (AvgIpc) is 2.37. The number of pyridine rings is 1. The molecule has 1 aliphatic heterocycles. The molecule has 19 heavy (non-hydrogen) atoms. The van der Waals surface area contributed by atoms with Gasteiger partial charge in [-0.3, -0.25) is 0 Å². The zero-order valence-corrected chi connectivity index (χ0v) is 10.9. The van der Waals surface area contributed by atoms with E-state index in [4.69, 9.17) is 11.6 Å². The van der Waals surface area contributed by atoms with Gasteiger partial charge in [0.05, 0.1) is 16.9 Å². The van der Waals surface area contributed by atoms with Crippen molar-refractivity contribution in [3.63, 3.8) is 0 Å². The van der Waals surface area contributed by atoms with E-state index in [2.05, 4.69) is 9.98 Å². The number of halogens is 4. The Morgan fingerprint density at radius 2 is 1.95 bits per heavy atom. The van der Waals surface area contributed by atoms with Crippen molar-refractivity contribution >= 4 is 23.8 Å². The Bertz CT molecular complexity index is 468. The molecular formula is C12H13ClF3N3. The maximum Gasteiger partial charge on any atom is 0.417 e. The predicted octanol–water partition coefficient (Wildman–Crippen LogP) is 3.90. The zero-order valence-electron chi connectivity index (χ0n) is 10.1. The van der Waals surface area contributed by atoms with Crippen molar-refractivity contribution < 1.29 is 13.2 Å². The highest BCUT2D eigenvalue weighted by Crippen LogP contribution is 2.33. The number of nitrogens with zero attached hydrogens (tertiary/aromatic N) is 3. The first kappa shape index (κ1) is 14.1. The van der Waals surface area contributed by atoms with Crippen LogP contribution in [0.1, 0.15) is 24.8 Å². The fourth-order valence-corrected chi connectivity index (χ4v) is 2.07. The number of hydrogen-bond donors (Lipinski definition) is 0. The van der Waals surface area contributed by atoms with Crippen LogP contribution in [0.4, 0.5) is 19.0 Å². The Morgan fingerprint density at radius 1 is 1.26 bits per heavy atom. The maximum atomic E-state index is 12.4. The molecule has 0 amide bonds. The van der Waals surface area contributed by atoms with Crippen molar-refractivity contribution in [2.45, 2.75) is 25.4 Å². The predicted molar refractivity (Wildman–Crippen MR) is 67.8 cm³/mol. The van der Waals surface area contributed by atoms with Crippen LogP contribution in [0, 0.1) is 0 Å². The van der Waals surface area contributed by atoms with E-state index in [9.17, 15) is 13.2 Å². The number of likely N-dealkylation sites (tertiary alicyclic amines) is 1. The quantitative estimate of drug-likeness (QED) is 0.611. The summed E-state index contributed by atoms with van der Waals surface area (Å²) in [6.07, 6.45) is 1.30. The van der Waals surface area contributed by atoms with Crippen LogP contribution in [0.25, 0.3) is 0 Å². The molecule has 0 spiro atoms. The van der Waals surface area contributed by atoms with Crippen molar-refractivity contribution in [2.75, 3.05) is 13.1 Å². The number of piperidine rings is 1. The van der Waals surface area contributed by atoms with Gasteiger partial charge in [-0.2, -0.15) is 13.2 Å². The lowest BCUT2D eigenvalue weighted by molar-refractivity contribution is -0.137. The first-order valence-electron chi connectivity index (χ1n) is 5.98. The minimum atomic E-state index is -4.44. The number of aliphatic imine (C=N–C) groups is 1. The highest BCUT2D eigenvalue weighted by Gasteiger charge is 2.31. The number of rotatable bonds is 2. The van der Waals surface area contributed by atoms with Gasteiger partial charge in [-0.1, -0.05) is 11.6 Å². The highest BCUT2D eigenvalue weighted by molar-refractivity contribution is 6.32. The molecule has 104 valence electrons. The van der Waals surface area contributed by atoms with Gasteiger partial charge in [0.25, 0.3) is 0 Å². The second-order valence-corrected chi connectivity index (χ2v) is 4.78. The summed E-state index contributed by atoms with van der Waals surface area (Å²) in [4.78, 5) is 9.71. The molecule has 2 heterocycles. The van der Waals surface area contributed by atoms with Crippen molar-refractivity contribution in [3.8, 4) is 0 Å². The van der Waals surface area contributed by atoms with Gasteiger partial charge in [-0.15, -0.1) is 0 Å². The van der Waals surface area contributed by atoms with Crippen LogP contribution in [0.15, 0.2) is 17.3 Å². The van der Waals surface area contributed by atoms with Gasteiger partial charge in [0.1, 0.15) is 0 Å². The summed E-state index contributed by atoms with van der Waals surface area (Å²) in [7, 11) is 0. The molecule has 0 unspecified atom stereocenters. The fraction of sp³-hybridized carbons (Fsp3) is 0.500. The largest absolute Gasteiger partial charge is 0.417 e. The molecule has 0 saturated carbocycles.